The van der Waals surface area contributed by atoms with Crippen molar-refractivity contribution in [3.8, 4) is 5.75 Å². The van der Waals surface area contributed by atoms with E-state index in [-0.39, 0.29) is 0 Å². The first-order valence-electron chi connectivity index (χ1n) is 6.59. The van der Waals surface area contributed by atoms with Gasteiger partial charge in [-0.05, 0) is 24.8 Å². The highest BCUT2D eigenvalue weighted by molar-refractivity contribution is 5.89. The molecule has 3 rings (SSSR count). The van der Waals surface area contributed by atoms with Crippen LogP contribution in [-0.2, 0) is 15.3 Å². The zero-order valence-electron chi connectivity index (χ0n) is 11.3. The van der Waals surface area contributed by atoms with Crippen LogP contribution in [0.1, 0.15) is 18.9 Å². The maximum atomic E-state index is 5.84. The van der Waals surface area contributed by atoms with Crippen LogP contribution in [0.3, 0.4) is 0 Å². The van der Waals surface area contributed by atoms with E-state index in [9.17, 15) is 0 Å². The van der Waals surface area contributed by atoms with Crippen molar-refractivity contribution in [3.05, 3.63) is 42.0 Å². The summed E-state index contributed by atoms with van der Waals surface area (Å²) in [7, 11) is 1.69. The second-order valence-corrected chi connectivity index (χ2v) is 4.86. The fraction of sp³-hybridized carbons (Fsp3) is 0.375. The lowest BCUT2D eigenvalue weighted by Gasteiger charge is -2.35. The van der Waals surface area contributed by atoms with E-state index in [1.54, 1.807) is 7.11 Å². The molecule has 0 aromatic heterocycles. The van der Waals surface area contributed by atoms with Gasteiger partial charge in [0.05, 0.1) is 25.9 Å². The Morgan fingerprint density at radius 2 is 1.79 bits per heavy atom. The maximum Gasteiger partial charge on any atom is 0.195 e. The molecule has 0 saturated carbocycles. The lowest BCUT2D eigenvalue weighted by Crippen LogP contribution is -2.35. The Kier molecular flexibility index (Phi) is 3.17. The van der Waals surface area contributed by atoms with E-state index in [1.807, 2.05) is 25.1 Å². The summed E-state index contributed by atoms with van der Waals surface area (Å²) in [5, 5.41) is 2.24. The molecule has 1 saturated heterocycles. The topological polar surface area (TPSA) is 27.7 Å². The van der Waals surface area contributed by atoms with Crippen molar-refractivity contribution in [2.75, 3.05) is 20.3 Å². The molecule has 0 aliphatic carbocycles. The van der Waals surface area contributed by atoms with E-state index >= 15 is 0 Å². The molecule has 0 N–H and O–H groups in total. The monoisotopic (exact) mass is 258 g/mol. The predicted molar refractivity (Wildman–Crippen MR) is 74.4 cm³/mol. The lowest BCUT2D eigenvalue weighted by atomic mass is 9.99. The van der Waals surface area contributed by atoms with E-state index in [2.05, 4.69) is 18.2 Å². The number of benzene rings is 2. The molecule has 0 spiro atoms. The van der Waals surface area contributed by atoms with E-state index in [0.717, 1.165) is 28.5 Å². The fourth-order valence-electron chi connectivity index (χ4n) is 2.61. The average Bonchev–Trinajstić information content (AvgIpc) is 2.46. The van der Waals surface area contributed by atoms with Crippen molar-refractivity contribution < 1.29 is 14.2 Å². The van der Waals surface area contributed by atoms with Crippen molar-refractivity contribution in [1.82, 2.24) is 0 Å². The SMILES string of the molecule is COc1c(C2(C)OCCCO2)ccc2ccccc12. The standard InChI is InChI=1S/C16H18O3/c1-16(18-10-5-11-19-16)14-9-8-12-6-3-4-7-13(12)15(14)17-2/h3-4,6-9H,5,10-11H2,1-2H3. The number of methoxy groups -OCH3 is 1. The normalized spacial score (nSPS) is 18.4. The van der Waals surface area contributed by atoms with Gasteiger partial charge in [0.25, 0.3) is 0 Å². The van der Waals surface area contributed by atoms with Crippen LogP contribution >= 0.6 is 0 Å². The molecule has 3 nitrogen and oxygen atoms in total. The van der Waals surface area contributed by atoms with Gasteiger partial charge in [0.2, 0.25) is 0 Å². The van der Waals surface area contributed by atoms with Crippen molar-refractivity contribution in [1.29, 1.82) is 0 Å². The van der Waals surface area contributed by atoms with Crippen LogP contribution in [-0.4, -0.2) is 20.3 Å². The summed E-state index contributed by atoms with van der Waals surface area (Å²) in [5.74, 6) is 0.121. The Labute approximate surface area is 113 Å². The molecule has 1 aliphatic rings. The zero-order valence-corrected chi connectivity index (χ0v) is 11.3. The fourth-order valence-corrected chi connectivity index (χ4v) is 2.61. The van der Waals surface area contributed by atoms with Crippen molar-refractivity contribution in [2.45, 2.75) is 19.1 Å². The molecule has 0 amide bonds. The Bertz CT molecular complexity index is 586. The lowest BCUT2D eigenvalue weighted by molar-refractivity contribution is -0.265. The van der Waals surface area contributed by atoms with Gasteiger partial charge in [0.15, 0.2) is 5.79 Å². The van der Waals surface area contributed by atoms with E-state index in [0.29, 0.717) is 13.2 Å². The van der Waals surface area contributed by atoms with Gasteiger partial charge >= 0.3 is 0 Å². The molecule has 3 heteroatoms. The molecular weight excluding hydrogens is 240 g/mol. The van der Waals surface area contributed by atoms with Gasteiger partial charge in [-0.3, -0.25) is 0 Å². The predicted octanol–water partition coefficient (Wildman–Crippen LogP) is 3.46. The van der Waals surface area contributed by atoms with Crippen LogP contribution in [0.5, 0.6) is 5.75 Å². The number of fused-ring (bicyclic) bond motifs is 1. The van der Waals surface area contributed by atoms with Crippen LogP contribution < -0.4 is 4.74 Å². The highest BCUT2D eigenvalue weighted by Crippen LogP contribution is 2.40. The first kappa shape index (κ1) is 12.5. The maximum absolute atomic E-state index is 5.84. The van der Waals surface area contributed by atoms with Gasteiger partial charge in [0, 0.05) is 5.39 Å². The van der Waals surface area contributed by atoms with Crippen LogP contribution in [0, 0.1) is 0 Å². The van der Waals surface area contributed by atoms with Crippen LogP contribution in [0.4, 0.5) is 0 Å². The summed E-state index contributed by atoms with van der Waals surface area (Å²) in [4.78, 5) is 0. The van der Waals surface area contributed by atoms with Crippen molar-refractivity contribution in [3.63, 3.8) is 0 Å². The molecular formula is C16H18O3. The molecule has 100 valence electrons. The summed E-state index contributed by atoms with van der Waals surface area (Å²) < 4.78 is 17.3. The smallest absolute Gasteiger partial charge is 0.195 e. The summed E-state index contributed by atoms with van der Waals surface area (Å²) in [6.45, 7) is 3.39. The Hall–Kier alpha value is -1.58. The van der Waals surface area contributed by atoms with Gasteiger partial charge in [-0.15, -0.1) is 0 Å². The minimum atomic E-state index is -0.715. The Morgan fingerprint density at radius 3 is 2.53 bits per heavy atom. The van der Waals surface area contributed by atoms with Crippen LogP contribution in [0.2, 0.25) is 0 Å². The molecule has 1 fully saturated rings. The summed E-state index contributed by atoms with van der Waals surface area (Å²) in [6.07, 6.45) is 0.936. The average molecular weight is 258 g/mol. The van der Waals surface area contributed by atoms with Gasteiger partial charge in [0.1, 0.15) is 5.75 Å². The largest absolute Gasteiger partial charge is 0.496 e. The highest BCUT2D eigenvalue weighted by atomic mass is 16.7. The van der Waals surface area contributed by atoms with E-state index in [4.69, 9.17) is 14.2 Å². The number of hydrogen-bond acceptors (Lipinski definition) is 3. The third-order valence-corrected chi connectivity index (χ3v) is 3.62. The minimum absolute atomic E-state index is 0.715. The van der Waals surface area contributed by atoms with E-state index in [1.165, 1.54) is 0 Å². The molecule has 1 aliphatic heterocycles. The van der Waals surface area contributed by atoms with Gasteiger partial charge < -0.3 is 14.2 Å². The Morgan fingerprint density at radius 1 is 1.05 bits per heavy atom. The molecule has 2 aromatic rings. The Balaban J connectivity index is 2.17. The zero-order chi connectivity index (χ0) is 13.3. The third kappa shape index (κ3) is 2.09. The number of hydrogen-bond donors (Lipinski definition) is 0. The number of rotatable bonds is 2. The third-order valence-electron chi connectivity index (χ3n) is 3.62. The minimum Gasteiger partial charge on any atom is -0.496 e. The van der Waals surface area contributed by atoms with Gasteiger partial charge in [-0.25, -0.2) is 0 Å². The quantitative estimate of drug-likeness (QED) is 0.825. The highest BCUT2D eigenvalue weighted by Gasteiger charge is 2.34. The van der Waals surface area contributed by atoms with E-state index < -0.39 is 5.79 Å². The molecule has 1 heterocycles. The second-order valence-electron chi connectivity index (χ2n) is 4.86. The van der Waals surface area contributed by atoms with Crippen molar-refractivity contribution in [2.24, 2.45) is 0 Å². The molecule has 0 bridgehead atoms. The van der Waals surface area contributed by atoms with Crippen molar-refractivity contribution >= 4 is 10.8 Å². The second kappa shape index (κ2) is 4.83. The summed E-state index contributed by atoms with van der Waals surface area (Å²) in [6, 6.07) is 12.3. The molecule has 0 atom stereocenters. The first-order valence-corrected chi connectivity index (χ1v) is 6.59. The first-order chi connectivity index (χ1) is 9.24. The summed E-state index contributed by atoms with van der Waals surface area (Å²) >= 11 is 0. The van der Waals surface area contributed by atoms with Gasteiger partial charge in [-0.1, -0.05) is 30.3 Å². The molecule has 0 unspecified atom stereocenters. The van der Waals surface area contributed by atoms with Gasteiger partial charge in [-0.2, -0.15) is 0 Å². The molecule has 0 radical (unpaired) electrons. The van der Waals surface area contributed by atoms with Crippen LogP contribution in [0.15, 0.2) is 36.4 Å². The van der Waals surface area contributed by atoms with Crippen LogP contribution in [0.25, 0.3) is 10.8 Å². The molecule has 2 aromatic carbocycles. The molecule has 19 heavy (non-hydrogen) atoms. The number of ether oxygens (including phenoxy) is 3. The summed E-state index contributed by atoms with van der Waals surface area (Å²) in [5.41, 5.74) is 0.952.